The molecule has 0 aliphatic heterocycles. The Morgan fingerprint density at radius 1 is 0.917 bits per heavy atom. The van der Waals surface area contributed by atoms with Gasteiger partial charge in [-0.15, -0.1) is 0 Å². The van der Waals surface area contributed by atoms with E-state index in [1.54, 1.807) is 19.1 Å². The summed E-state index contributed by atoms with van der Waals surface area (Å²) in [5, 5.41) is 2.30. The predicted octanol–water partition coefficient (Wildman–Crippen LogP) is 6.07. The molecular weight excluding hydrogens is 467 g/mol. The standard InChI is InChI=1S/C31H37FO3Si/c1-5-34-30(33)24-25(23-26-16-12-13-21-29(26)32)15-14-22-35-36(31(2,3)4,27-17-8-6-9-18-27)28-19-10-7-11-20-28/h6-21,25H,5,22-24H2,1-4H3/b15-14+. The lowest BCUT2D eigenvalue weighted by molar-refractivity contribution is -0.143. The second-order valence-corrected chi connectivity index (χ2v) is 14.3. The molecule has 5 heteroatoms. The summed E-state index contributed by atoms with van der Waals surface area (Å²) in [6, 6.07) is 27.7. The van der Waals surface area contributed by atoms with Gasteiger partial charge in [-0.25, -0.2) is 4.39 Å². The summed E-state index contributed by atoms with van der Waals surface area (Å²) >= 11 is 0. The minimum atomic E-state index is -2.65. The zero-order valence-corrected chi connectivity index (χ0v) is 22.7. The maximum absolute atomic E-state index is 14.3. The monoisotopic (exact) mass is 504 g/mol. The van der Waals surface area contributed by atoms with Gasteiger partial charge in [-0.1, -0.05) is 112 Å². The summed E-state index contributed by atoms with van der Waals surface area (Å²) in [6.07, 6.45) is 4.56. The molecule has 3 nitrogen and oxygen atoms in total. The van der Waals surface area contributed by atoms with Gasteiger partial charge in [0.1, 0.15) is 5.82 Å². The van der Waals surface area contributed by atoms with E-state index < -0.39 is 8.32 Å². The topological polar surface area (TPSA) is 35.5 Å². The lowest BCUT2D eigenvalue weighted by Gasteiger charge is -2.42. The number of esters is 1. The first-order valence-electron chi connectivity index (χ1n) is 12.6. The molecule has 36 heavy (non-hydrogen) atoms. The Labute approximate surface area is 216 Å². The number of hydrogen-bond acceptors (Lipinski definition) is 3. The smallest absolute Gasteiger partial charge is 0.306 e. The van der Waals surface area contributed by atoms with Crippen LogP contribution in [0.25, 0.3) is 0 Å². The molecule has 3 aromatic rings. The van der Waals surface area contributed by atoms with Crippen LogP contribution in [0.5, 0.6) is 0 Å². The quantitative estimate of drug-likeness (QED) is 0.181. The van der Waals surface area contributed by atoms with Gasteiger partial charge in [0.25, 0.3) is 8.32 Å². The molecule has 0 fully saturated rings. The minimum absolute atomic E-state index is 0.124. The highest BCUT2D eigenvalue weighted by molar-refractivity contribution is 6.99. The fourth-order valence-electron chi connectivity index (χ4n) is 4.77. The molecular formula is C31H37FO3Si. The zero-order valence-electron chi connectivity index (χ0n) is 21.7. The van der Waals surface area contributed by atoms with Crippen molar-refractivity contribution in [1.29, 1.82) is 0 Å². The SMILES string of the molecule is CCOC(=O)CC(/C=C/CO[Si](c1ccccc1)(c1ccccc1)C(C)(C)C)Cc1ccccc1F. The predicted molar refractivity (Wildman–Crippen MR) is 148 cm³/mol. The molecule has 0 N–H and O–H groups in total. The largest absolute Gasteiger partial charge is 0.466 e. The van der Waals surface area contributed by atoms with Crippen LogP contribution in [0.15, 0.2) is 97.1 Å². The van der Waals surface area contributed by atoms with Crippen molar-refractivity contribution >= 4 is 24.7 Å². The molecule has 3 aromatic carbocycles. The highest BCUT2D eigenvalue weighted by Gasteiger charge is 2.49. The Kier molecular flexibility index (Phi) is 9.79. The Bertz CT molecular complexity index is 1080. The van der Waals surface area contributed by atoms with Crippen molar-refractivity contribution < 1.29 is 18.3 Å². The van der Waals surface area contributed by atoms with E-state index in [0.717, 1.165) is 0 Å². The first-order valence-corrected chi connectivity index (χ1v) is 14.5. The van der Waals surface area contributed by atoms with E-state index in [-0.39, 0.29) is 29.2 Å². The average Bonchev–Trinajstić information content (AvgIpc) is 2.86. The lowest BCUT2D eigenvalue weighted by atomic mass is 9.95. The van der Waals surface area contributed by atoms with Gasteiger partial charge in [-0.05, 0) is 46.3 Å². The fraction of sp³-hybridized carbons (Fsp3) is 0.323. The van der Waals surface area contributed by atoms with Crippen LogP contribution >= 0.6 is 0 Å². The maximum atomic E-state index is 14.3. The molecule has 190 valence electrons. The van der Waals surface area contributed by atoms with Crippen LogP contribution in [0.3, 0.4) is 0 Å². The molecule has 0 radical (unpaired) electrons. The van der Waals surface area contributed by atoms with Crippen molar-refractivity contribution in [3.63, 3.8) is 0 Å². The molecule has 0 saturated heterocycles. The number of ether oxygens (including phenoxy) is 1. The third kappa shape index (κ3) is 6.80. The average molecular weight is 505 g/mol. The number of halogens is 1. The van der Waals surface area contributed by atoms with Crippen molar-refractivity contribution in [3.05, 3.63) is 108 Å². The first-order chi connectivity index (χ1) is 17.3. The van der Waals surface area contributed by atoms with E-state index in [2.05, 4.69) is 69.3 Å². The van der Waals surface area contributed by atoms with Crippen molar-refractivity contribution in [1.82, 2.24) is 0 Å². The van der Waals surface area contributed by atoms with E-state index in [1.807, 2.05) is 30.4 Å². The summed E-state index contributed by atoms with van der Waals surface area (Å²) in [6.45, 7) is 9.23. The van der Waals surface area contributed by atoms with Crippen LogP contribution in [-0.4, -0.2) is 27.5 Å². The second-order valence-electron chi connectivity index (χ2n) is 9.97. The van der Waals surface area contributed by atoms with Crippen molar-refractivity contribution in [3.8, 4) is 0 Å². The Morgan fingerprint density at radius 2 is 1.47 bits per heavy atom. The van der Waals surface area contributed by atoms with E-state index in [9.17, 15) is 9.18 Å². The van der Waals surface area contributed by atoms with Crippen LogP contribution in [-0.2, 0) is 20.4 Å². The van der Waals surface area contributed by atoms with Crippen LogP contribution in [0.4, 0.5) is 4.39 Å². The Hall–Kier alpha value is -3.02. The number of carbonyl (C=O) groups is 1. The summed E-state index contributed by atoms with van der Waals surface area (Å²) in [5.41, 5.74) is 0.587. The fourth-order valence-corrected chi connectivity index (χ4v) is 9.27. The maximum Gasteiger partial charge on any atom is 0.306 e. The molecule has 0 amide bonds. The Balaban J connectivity index is 1.88. The molecule has 0 aliphatic carbocycles. The van der Waals surface area contributed by atoms with Gasteiger partial charge in [0, 0.05) is 0 Å². The highest BCUT2D eigenvalue weighted by atomic mass is 28.4. The lowest BCUT2D eigenvalue weighted by Crippen LogP contribution is -2.66. The molecule has 0 aliphatic rings. The first kappa shape index (κ1) is 27.6. The highest BCUT2D eigenvalue weighted by Crippen LogP contribution is 2.36. The molecule has 3 rings (SSSR count). The van der Waals surface area contributed by atoms with E-state index >= 15 is 0 Å². The third-order valence-electron chi connectivity index (χ3n) is 6.40. The van der Waals surface area contributed by atoms with Gasteiger partial charge in [0.05, 0.1) is 19.6 Å². The molecule has 1 atom stereocenters. The van der Waals surface area contributed by atoms with Crippen molar-refractivity contribution in [2.75, 3.05) is 13.2 Å². The van der Waals surface area contributed by atoms with Gasteiger partial charge < -0.3 is 9.16 Å². The van der Waals surface area contributed by atoms with Gasteiger partial charge in [-0.2, -0.15) is 0 Å². The summed E-state index contributed by atoms with van der Waals surface area (Å²) in [5.74, 6) is -0.733. The van der Waals surface area contributed by atoms with E-state index in [0.29, 0.717) is 25.2 Å². The summed E-state index contributed by atoms with van der Waals surface area (Å²) < 4.78 is 26.4. The number of hydrogen-bond donors (Lipinski definition) is 0. The van der Waals surface area contributed by atoms with Gasteiger partial charge in [0.15, 0.2) is 0 Å². The second kappa shape index (κ2) is 12.8. The summed E-state index contributed by atoms with van der Waals surface area (Å²) in [7, 11) is -2.65. The Morgan fingerprint density at radius 3 is 2.00 bits per heavy atom. The van der Waals surface area contributed by atoms with Gasteiger partial charge in [0.2, 0.25) is 0 Å². The van der Waals surface area contributed by atoms with Crippen LogP contribution in [0.2, 0.25) is 5.04 Å². The normalized spacial score (nSPS) is 13.0. The number of rotatable bonds is 11. The molecule has 0 saturated carbocycles. The molecule has 1 unspecified atom stereocenters. The van der Waals surface area contributed by atoms with Crippen LogP contribution in [0.1, 0.15) is 39.7 Å². The zero-order chi connectivity index (χ0) is 26.0. The molecule has 0 spiro atoms. The molecule has 0 heterocycles. The van der Waals surface area contributed by atoms with Crippen molar-refractivity contribution in [2.24, 2.45) is 5.92 Å². The number of carbonyl (C=O) groups excluding carboxylic acids is 1. The van der Waals surface area contributed by atoms with Crippen LogP contribution in [0, 0.1) is 11.7 Å². The minimum Gasteiger partial charge on any atom is -0.466 e. The number of allylic oxidation sites excluding steroid dienone is 1. The van der Waals surface area contributed by atoms with Crippen LogP contribution < -0.4 is 10.4 Å². The van der Waals surface area contributed by atoms with E-state index in [1.165, 1.54) is 16.4 Å². The number of benzene rings is 3. The van der Waals surface area contributed by atoms with Gasteiger partial charge >= 0.3 is 5.97 Å². The van der Waals surface area contributed by atoms with Gasteiger partial charge in [-0.3, -0.25) is 4.79 Å². The molecule has 0 bridgehead atoms. The third-order valence-corrected chi connectivity index (χ3v) is 11.4. The molecule has 0 aromatic heterocycles. The summed E-state index contributed by atoms with van der Waals surface area (Å²) in [4.78, 5) is 12.2. The van der Waals surface area contributed by atoms with Crippen molar-refractivity contribution in [2.45, 2.75) is 45.6 Å². The van der Waals surface area contributed by atoms with E-state index in [4.69, 9.17) is 9.16 Å².